The van der Waals surface area contributed by atoms with E-state index in [1.807, 2.05) is 0 Å². The van der Waals surface area contributed by atoms with Crippen molar-refractivity contribution in [2.45, 2.75) is 13.0 Å². The molecule has 1 atom stereocenters. The number of hydrogen-bond acceptors (Lipinski definition) is 4. The van der Waals surface area contributed by atoms with Gasteiger partial charge in [-0.2, -0.15) is 0 Å². The summed E-state index contributed by atoms with van der Waals surface area (Å²) in [5.41, 5.74) is 5.04. The fraction of sp³-hybridized carbons (Fsp3) is 0.875. The van der Waals surface area contributed by atoms with E-state index in [1.165, 1.54) is 0 Å². The van der Waals surface area contributed by atoms with Crippen LogP contribution < -0.4 is 11.1 Å². The first kappa shape index (κ1) is 12.3. The van der Waals surface area contributed by atoms with Gasteiger partial charge in [-0.05, 0) is 6.92 Å². The lowest BCUT2D eigenvalue weighted by Gasteiger charge is -2.09. The van der Waals surface area contributed by atoms with Gasteiger partial charge in [0.05, 0.1) is 25.9 Å². The monoisotopic (exact) mass is 190 g/mol. The summed E-state index contributed by atoms with van der Waals surface area (Å²) in [4.78, 5) is 10.6. The predicted octanol–water partition coefficient (Wildman–Crippen LogP) is -0.887. The van der Waals surface area contributed by atoms with Crippen LogP contribution in [0.5, 0.6) is 0 Å². The van der Waals surface area contributed by atoms with Gasteiger partial charge in [-0.25, -0.2) is 0 Å². The number of nitrogens with two attached hydrogens (primary N) is 1. The van der Waals surface area contributed by atoms with E-state index in [0.29, 0.717) is 26.4 Å². The predicted molar refractivity (Wildman–Crippen MR) is 49.4 cm³/mol. The Morgan fingerprint density at radius 3 is 2.69 bits per heavy atom. The number of hydrogen-bond donors (Lipinski definition) is 2. The third-order valence-electron chi connectivity index (χ3n) is 1.56. The molecule has 5 nitrogen and oxygen atoms in total. The summed E-state index contributed by atoms with van der Waals surface area (Å²) in [5, 5.41) is 2.92. The van der Waals surface area contributed by atoms with Gasteiger partial charge in [-0.1, -0.05) is 0 Å². The van der Waals surface area contributed by atoms with Crippen LogP contribution in [0, 0.1) is 0 Å². The zero-order valence-electron chi connectivity index (χ0n) is 8.21. The quantitative estimate of drug-likeness (QED) is 0.487. The Bertz CT molecular complexity index is 141. The largest absolute Gasteiger partial charge is 0.382 e. The second kappa shape index (κ2) is 7.97. The van der Waals surface area contributed by atoms with Crippen LogP contribution in [0.25, 0.3) is 0 Å². The summed E-state index contributed by atoms with van der Waals surface area (Å²) in [6, 6.07) is -0.300. The van der Waals surface area contributed by atoms with Gasteiger partial charge in [-0.15, -0.1) is 0 Å². The minimum absolute atomic E-state index is 0.300. The number of nitrogens with one attached hydrogen (secondary N) is 1. The number of rotatable bonds is 8. The lowest BCUT2D eigenvalue weighted by molar-refractivity contribution is -0.119. The molecule has 0 aromatic heterocycles. The van der Waals surface area contributed by atoms with Crippen molar-refractivity contribution in [2.24, 2.45) is 5.73 Å². The molecule has 0 aromatic carbocycles. The highest BCUT2D eigenvalue weighted by Crippen LogP contribution is 1.79. The second-order valence-corrected chi connectivity index (χ2v) is 2.68. The second-order valence-electron chi connectivity index (χ2n) is 2.68. The van der Waals surface area contributed by atoms with E-state index < -0.39 is 0 Å². The van der Waals surface area contributed by atoms with Gasteiger partial charge in [0.15, 0.2) is 0 Å². The number of carbonyl (C=O) groups excluding carboxylic acids is 1. The van der Waals surface area contributed by atoms with E-state index in [1.54, 1.807) is 14.0 Å². The van der Waals surface area contributed by atoms with Crippen molar-refractivity contribution in [1.82, 2.24) is 5.32 Å². The molecule has 0 bridgehead atoms. The maximum atomic E-state index is 10.6. The average molecular weight is 190 g/mol. The van der Waals surface area contributed by atoms with Crippen molar-refractivity contribution >= 4 is 5.91 Å². The van der Waals surface area contributed by atoms with Crippen LogP contribution in [0.3, 0.4) is 0 Å². The van der Waals surface area contributed by atoms with Gasteiger partial charge in [0, 0.05) is 13.7 Å². The smallest absolute Gasteiger partial charge is 0.234 e. The Kier molecular flexibility index (Phi) is 7.57. The minimum Gasteiger partial charge on any atom is -0.382 e. The van der Waals surface area contributed by atoms with Crippen molar-refractivity contribution in [3.05, 3.63) is 0 Å². The molecule has 0 aromatic rings. The SMILES string of the molecule is COCCOCCNC(C)C(N)=O. The lowest BCUT2D eigenvalue weighted by Crippen LogP contribution is -2.40. The first-order valence-electron chi connectivity index (χ1n) is 4.28. The van der Waals surface area contributed by atoms with Gasteiger partial charge in [0.2, 0.25) is 5.91 Å². The fourth-order valence-electron chi connectivity index (χ4n) is 0.693. The topological polar surface area (TPSA) is 73.6 Å². The molecule has 5 heteroatoms. The van der Waals surface area contributed by atoms with E-state index in [-0.39, 0.29) is 11.9 Å². The number of ether oxygens (including phenoxy) is 2. The molecule has 0 aliphatic carbocycles. The summed E-state index contributed by atoms with van der Waals surface area (Å²) in [7, 11) is 1.62. The standard InChI is InChI=1S/C8H18N2O3/c1-7(8(9)11)10-3-4-13-6-5-12-2/h7,10H,3-6H2,1-2H3,(H2,9,11). The Hall–Kier alpha value is -0.650. The van der Waals surface area contributed by atoms with Crippen LogP contribution in [0.4, 0.5) is 0 Å². The molecule has 0 aliphatic rings. The van der Waals surface area contributed by atoms with Crippen molar-refractivity contribution < 1.29 is 14.3 Å². The maximum absolute atomic E-state index is 10.6. The molecule has 0 heterocycles. The van der Waals surface area contributed by atoms with Crippen LogP contribution in [0.15, 0.2) is 0 Å². The number of primary amides is 1. The van der Waals surface area contributed by atoms with Crippen LogP contribution in [-0.2, 0) is 14.3 Å². The van der Waals surface area contributed by atoms with Crippen molar-refractivity contribution in [2.75, 3.05) is 33.5 Å². The molecule has 0 rings (SSSR count). The van der Waals surface area contributed by atoms with Gasteiger partial charge in [0.1, 0.15) is 0 Å². The summed E-state index contributed by atoms with van der Waals surface area (Å²) in [6.07, 6.45) is 0. The van der Waals surface area contributed by atoms with Gasteiger partial charge in [-0.3, -0.25) is 4.79 Å². The zero-order valence-corrected chi connectivity index (χ0v) is 8.21. The van der Waals surface area contributed by atoms with E-state index in [2.05, 4.69) is 5.32 Å². The Morgan fingerprint density at radius 1 is 1.46 bits per heavy atom. The molecule has 1 unspecified atom stereocenters. The number of carbonyl (C=O) groups is 1. The third kappa shape index (κ3) is 7.70. The first-order valence-corrected chi connectivity index (χ1v) is 4.28. The zero-order chi connectivity index (χ0) is 10.1. The van der Waals surface area contributed by atoms with Gasteiger partial charge in [0.25, 0.3) is 0 Å². The van der Waals surface area contributed by atoms with Crippen LogP contribution in [0.2, 0.25) is 0 Å². The van der Waals surface area contributed by atoms with Crippen molar-refractivity contribution in [1.29, 1.82) is 0 Å². The number of amides is 1. The van der Waals surface area contributed by atoms with E-state index in [0.717, 1.165) is 0 Å². The molecule has 0 fully saturated rings. The Morgan fingerprint density at radius 2 is 2.15 bits per heavy atom. The molecule has 0 saturated heterocycles. The summed E-state index contributed by atoms with van der Waals surface area (Å²) in [5.74, 6) is -0.350. The average Bonchev–Trinajstić information content (AvgIpc) is 2.10. The molecule has 3 N–H and O–H groups in total. The highest BCUT2D eigenvalue weighted by atomic mass is 16.5. The minimum atomic E-state index is -0.350. The molecular formula is C8H18N2O3. The molecule has 0 saturated carbocycles. The molecule has 0 spiro atoms. The lowest BCUT2D eigenvalue weighted by atomic mass is 10.3. The Labute approximate surface area is 78.6 Å². The van der Waals surface area contributed by atoms with E-state index in [4.69, 9.17) is 15.2 Å². The van der Waals surface area contributed by atoms with Crippen LogP contribution in [0.1, 0.15) is 6.92 Å². The third-order valence-corrected chi connectivity index (χ3v) is 1.56. The van der Waals surface area contributed by atoms with E-state index >= 15 is 0 Å². The van der Waals surface area contributed by atoms with Crippen LogP contribution >= 0.6 is 0 Å². The number of methoxy groups -OCH3 is 1. The first-order chi connectivity index (χ1) is 6.18. The molecule has 1 amide bonds. The normalized spacial score (nSPS) is 12.8. The Balaban J connectivity index is 3.11. The molecule has 0 radical (unpaired) electrons. The molecule has 0 aliphatic heterocycles. The highest BCUT2D eigenvalue weighted by Gasteiger charge is 2.05. The molecule has 78 valence electrons. The summed E-state index contributed by atoms with van der Waals surface area (Å²) < 4.78 is 9.95. The van der Waals surface area contributed by atoms with Gasteiger partial charge < -0.3 is 20.5 Å². The van der Waals surface area contributed by atoms with E-state index in [9.17, 15) is 4.79 Å². The summed E-state index contributed by atoms with van der Waals surface area (Å²) >= 11 is 0. The van der Waals surface area contributed by atoms with Crippen molar-refractivity contribution in [3.8, 4) is 0 Å². The maximum Gasteiger partial charge on any atom is 0.234 e. The molecular weight excluding hydrogens is 172 g/mol. The summed E-state index contributed by atoms with van der Waals surface area (Å²) in [6.45, 7) is 4.06. The molecule has 13 heavy (non-hydrogen) atoms. The fourth-order valence-corrected chi connectivity index (χ4v) is 0.693. The van der Waals surface area contributed by atoms with Crippen molar-refractivity contribution in [3.63, 3.8) is 0 Å². The van der Waals surface area contributed by atoms with Crippen LogP contribution in [-0.4, -0.2) is 45.4 Å². The van der Waals surface area contributed by atoms with Gasteiger partial charge >= 0.3 is 0 Å². The highest BCUT2D eigenvalue weighted by molar-refractivity contribution is 5.79.